The van der Waals surface area contributed by atoms with Crippen LogP contribution in [0.3, 0.4) is 0 Å². The molecule has 0 heterocycles. The first-order valence-electron chi connectivity index (χ1n) is 10.9. The fourth-order valence-corrected chi connectivity index (χ4v) is 3.96. The molecule has 0 rings (SSSR count). The van der Waals surface area contributed by atoms with Gasteiger partial charge in [0.2, 0.25) is 0 Å². The maximum atomic E-state index is 11.7. The number of hydrogen-bond acceptors (Lipinski definition) is 1. The second kappa shape index (κ2) is 16.0. The molecule has 0 radical (unpaired) electrons. The van der Waals surface area contributed by atoms with Crippen molar-refractivity contribution in [1.29, 1.82) is 0 Å². The van der Waals surface area contributed by atoms with Gasteiger partial charge in [-0.1, -0.05) is 111 Å². The number of carbonyl (C=O) groups is 1. The number of hydrogen-bond donors (Lipinski definition) is 1. The number of rotatable bonds is 18. The van der Waals surface area contributed by atoms with Crippen LogP contribution in [0.4, 0.5) is 0 Å². The molecular formula is C22H44O2. The Morgan fingerprint density at radius 2 is 0.958 bits per heavy atom. The van der Waals surface area contributed by atoms with Crippen LogP contribution in [0.2, 0.25) is 0 Å². The average Bonchev–Trinajstić information content (AvgIpc) is 2.56. The van der Waals surface area contributed by atoms with Crippen LogP contribution in [0.5, 0.6) is 0 Å². The van der Waals surface area contributed by atoms with Gasteiger partial charge in [-0.3, -0.25) is 4.79 Å². The first kappa shape index (κ1) is 23.5. The van der Waals surface area contributed by atoms with Gasteiger partial charge in [-0.25, -0.2) is 0 Å². The summed E-state index contributed by atoms with van der Waals surface area (Å²) in [5.74, 6) is -0.561. The van der Waals surface area contributed by atoms with Gasteiger partial charge in [-0.15, -0.1) is 0 Å². The Kier molecular flexibility index (Phi) is 15.6. The van der Waals surface area contributed by atoms with Gasteiger partial charge in [-0.05, 0) is 19.3 Å². The lowest BCUT2D eigenvalue weighted by Gasteiger charge is -2.29. The molecule has 0 aromatic rings. The van der Waals surface area contributed by atoms with Crippen molar-refractivity contribution in [3.05, 3.63) is 0 Å². The Bertz CT molecular complexity index is 280. The van der Waals surface area contributed by atoms with Crippen molar-refractivity contribution in [3.63, 3.8) is 0 Å². The van der Waals surface area contributed by atoms with Gasteiger partial charge in [0.1, 0.15) is 0 Å². The Labute approximate surface area is 151 Å². The molecule has 0 saturated carbocycles. The van der Waals surface area contributed by atoms with E-state index in [1.54, 1.807) is 0 Å². The average molecular weight is 341 g/mol. The van der Waals surface area contributed by atoms with Crippen molar-refractivity contribution in [1.82, 2.24) is 0 Å². The normalized spacial score (nSPS) is 11.8. The predicted molar refractivity (Wildman–Crippen MR) is 106 cm³/mol. The Hall–Kier alpha value is -0.530. The third-order valence-electron chi connectivity index (χ3n) is 5.42. The Morgan fingerprint density at radius 1 is 0.583 bits per heavy atom. The SMILES string of the molecule is CCCCCCCCCCCCCCC(CCC)(CCC)C(=O)O. The lowest BCUT2D eigenvalue weighted by Crippen LogP contribution is -2.31. The molecule has 0 amide bonds. The summed E-state index contributed by atoms with van der Waals surface area (Å²) < 4.78 is 0. The number of carboxylic acids is 1. The molecule has 0 atom stereocenters. The van der Waals surface area contributed by atoms with E-state index in [1.807, 2.05) is 0 Å². The van der Waals surface area contributed by atoms with Crippen LogP contribution in [0.15, 0.2) is 0 Å². The molecule has 0 unspecified atom stereocenters. The third-order valence-corrected chi connectivity index (χ3v) is 5.42. The van der Waals surface area contributed by atoms with Gasteiger partial charge in [0.15, 0.2) is 0 Å². The van der Waals surface area contributed by atoms with Gasteiger partial charge in [0.25, 0.3) is 0 Å². The third kappa shape index (κ3) is 11.1. The topological polar surface area (TPSA) is 37.3 Å². The number of unbranched alkanes of at least 4 members (excludes halogenated alkanes) is 11. The van der Waals surface area contributed by atoms with Crippen LogP contribution in [0.25, 0.3) is 0 Å². The van der Waals surface area contributed by atoms with Gasteiger partial charge in [-0.2, -0.15) is 0 Å². The van der Waals surface area contributed by atoms with Crippen LogP contribution >= 0.6 is 0 Å². The zero-order valence-corrected chi connectivity index (χ0v) is 16.9. The minimum atomic E-state index is -0.561. The molecule has 0 aliphatic heterocycles. The highest BCUT2D eigenvalue weighted by molar-refractivity contribution is 5.74. The van der Waals surface area contributed by atoms with E-state index in [9.17, 15) is 9.90 Å². The van der Waals surface area contributed by atoms with Gasteiger partial charge in [0, 0.05) is 0 Å². The molecular weight excluding hydrogens is 296 g/mol. The molecule has 0 aliphatic rings. The molecule has 0 aromatic carbocycles. The smallest absolute Gasteiger partial charge is 0.309 e. The highest BCUT2D eigenvalue weighted by Crippen LogP contribution is 2.36. The van der Waals surface area contributed by atoms with Crippen molar-refractivity contribution >= 4 is 5.97 Å². The summed E-state index contributed by atoms with van der Waals surface area (Å²) in [4.78, 5) is 11.7. The minimum absolute atomic E-state index is 0.442. The molecule has 2 heteroatoms. The van der Waals surface area contributed by atoms with Crippen molar-refractivity contribution in [2.24, 2.45) is 5.41 Å². The largest absolute Gasteiger partial charge is 0.481 e. The Morgan fingerprint density at radius 3 is 1.29 bits per heavy atom. The summed E-state index contributed by atoms with van der Waals surface area (Å²) >= 11 is 0. The van der Waals surface area contributed by atoms with Gasteiger partial charge >= 0.3 is 5.97 Å². The van der Waals surface area contributed by atoms with E-state index in [4.69, 9.17) is 0 Å². The van der Waals surface area contributed by atoms with Gasteiger partial charge in [0.05, 0.1) is 5.41 Å². The molecule has 0 fully saturated rings. The van der Waals surface area contributed by atoms with E-state index in [2.05, 4.69) is 20.8 Å². The molecule has 1 N–H and O–H groups in total. The number of carboxylic acid groups (broad SMARTS) is 1. The number of aliphatic carboxylic acids is 1. The summed E-state index contributed by atoms with van der Waals surface area (Å²) in [5.41, 5.74) is -0.442. The first-order valence-corrected chi connectivity index (χ1v) is 10.9. The highest BCUT2D eigenvalue weighted by Gasteiger charge is 2.35. The Balaban J connectivity index is 3.66. The maximum absolute atomic E-state index is 11.7. The summed E-state index contributed by atoms with van der Waals surface area (Å²) in [7, 11) is 0. The molecule has 144 valence electrons. The van der Waals surface area contributed by atoms with E-state index in [-0.39, 0.29) is 0 Å². The second-order valence-electron chi connectivity index (χ2n) is 7.72. The van der Waals surface area contributed by atoms with Crippen molar-refractivity contribution < 1.29 is 9.90 Å². The quantitative estimate of drug-likeness (QED) is 0.259. The van der Waals surface area contributed by atoms with Crippen LogP contribution in [0.1, 0.15) is 130 Å². The first-order chi connectivity index (χ1) is 11.6. The molecule has 0 aromatic heterocycles. The van der Waals surface area contributed by atoms with E-state index in [0.717, 1.165) is 38.5 Å². The van der Waals surface area contributed by atoms with E-state index >= 15 is 0 Å². The fraction of sp³-hybridized carbons (Fsp3) is 0.955. The molecule has 0 aliphatic carbocycles. The second-order valence-corrected chi connectivity index (χ2v) is 7.72. The van der Waals surface area contributed by atoms with Crippen molar-refractivity contribution in [2.45, 2.75) is 130 Å². The minimum Gasteiger partial charge on any atom is -0.481 e. The molecule has 0 saturated heterocycles. The van der Waals surface area contributed by atoms with Crippen LogP contribution < -0.4 is 0 Å². The van der Waals surface area contributed by atoms with E-state index in [1.165, 1.54) is 70.6 Å². The zero-order valence-electron chi connectivity index (χ0n) is 16.9. The highest BCUT2D eigenvalue weighted by atomic mass is 16.4. The summed E-state index contributed by atoms with van der Waals surface area (Å²) in [6.45, 7) is 6.48. The van der Waals surface area contributed by atoms with E-state index < -0.39 is 11.4 Å². The lowest BCUT2D eigenvalue weighted by molar-refractivity contribution is -0.150. The predicted octanol–water partition coefficient (Wildman–Crippen LogP) is 7.75. The monoisotopic (exact) mass is 340 g/mol. The molecule has 0 spiro atoms. The van der Waals surface area contributed by atoms with Crippen molar-refractivity contribution in [2.75, 3.05) is 0 Å². The molecule has 2 nitrogen and oxygen atoms in total. The van der Waals surface area contributed by atoms with Crippen LogP contribution in [-0.4, -0.2) is 11.1 Å². The van der Waals surface area contributed by atoms with Gasteiger partial charge < -0.3 is 5.11 Å². The van der Waals surface area contributed by atoms with E-state index in [0.29, 0.717) is 0 Å². The summed E-state index contributed by atoms with van der Waals surface area (Å²) in [5, 5.41) is 9.66. The summed E-state index contributed by atoms with van der Waals surface area (Å²) in [6.07, 6.45) is 20.5. The van der Waals surface area contributed by atoms with Crippen LogP contribution in [-0.2, 0) is 4.79 Å². The zero-order chi connectivity index (χ0) is 18.1. The molecule has 24 heavy (non-hydrogen) atoms. The molecule has 0 bridgehead atoms. The van der Waals surface area contributed by atoms with Crippen molar-refractivity contribution in [3.8, 4) is 0 Å². The van der Waals surface area contributed by atoms with Crippen LogP contribution in [0, 0.1) is 5.41 Å². The summed E-state index contributed by atoms with van der Waals surface area (Å²) in [6, 6.07) is 0. The standard InChI is InChI=1S/C22H44O2/c1-4-7-8-9-10-11-12-13-14-15-16-17-20-22(18-5-2,19-6-3)21(23)24/h4-20H2,1-3H3,(H,23,24). The lowest BCUT2D eigenvalue weighted by atomic mass is 9.75. The fourth-order valence-electron chi connectivity index (χ4n) is 3.96. The maximum Gasteiger partial charge on any atom is 0.309 e.